The van der Waals surface area contributed by atoms with E-state index in [4.69, 9.17) is 0 Å². The third-order valence-electron chi connectivity index (χ3n) is 4.66. The largest absolute Gasteiger partial charge is 0.480 e. The fourth-order valence-corrected chi connectivity index (χ4v) is 3.38. The van der Waals surface area contributed by atoms with Crippen molar-refractivity contribution < 1.29 is 19.5 Å². The van der Waals surface area contributed by atoms with E-state index in [9.17, 15) is 19.5 Å². The zero-order valence-electron chi connectivity index (χ0n) is 14.2. The first kappa shape index (κ1) is 20.7. The number of piperidine rings is 2. The summed E-state index contributed by atoms with van der Waals surface area (Å²) in [7, 11) is 0. The van der Waals surface area contributed by atoms with Gasteiger partial charge in [-0.1, -0.05) is 6.42 Å². The number of carboxylic acid groups (broad SMARTS) is 1. The van der Waals surface area contributed by atoms with Crippen LogP contribution in [0.25, 0.3) is 0 Å². The van der Waals surface area contributed by atoms with Gasteiger partial charge in [-0.3, -0.25) is 19.3 Å². The molecule has 0 aromatic heterocycles. The van der Waals surface area contributed by atoms with Crippen molar-refractivity contribution in [1.29, 1.82) is 0 Å². The van der Waals surface area contributed by atoms with E-state index in [1.165, 1.54) is 0 Å². The first-order valence-corrected chi connectivity index (χ1v) is 8.54. The lowest BCUT2D eigenvalue weighted by atomic mass is 10.0. The zero-order chi connectivity index (χ0) is 16.8. The topological polar surface area (TPSA) is 90.0 Å². The minimum atomic E-state index is -0.880. The van der Waals surface area contributed by atoms with Crippen LogP contribution < -0.4 is 5.32 Å². The number of carboxylic acids is 1. The van der Waals surface area contributed by atoms with Gasteiger partial charge in [0.1, 0.15) is 12.1 Å². The number of carbonyl (C=O) groups is 3. The highest BCUT2D eigenvalue weighted by atomic mass is 35.5. The number of nitrogens with one attached hydrogen (secondary N) is 1. The molecule has 2 unspecified atom stereocenters. The number of amides is 2. The lowest BCUT2D eigenvalue weighted by Crippen LogP contribution is -2.53. The molecule has 2 amide bonds. The molecule has 138 valence electrons. The molecule has 0 bridgehead atoms. The van der Waals surface area contributed by atoms with Gasteiger partial charge in [-0.15, -0.1) is 12.4 Å². The fraction of sp³-hybridized carbons (Fsp3) is 0.812. The van der Waals surface area contributed by atoms with Gasteiger partial charge in [0.05, 0.1) is 6.54 Å². The molecule has 2 N–H and O–H groups in total. The Kier molecular flexibility index (Phi) is 8.48. The fourth-order valence-electron chi connectivity index (χ4n) is 3.38. The number of halogens is 1. The molecule has 2 aliphatic rings. The predicted octanol–water partition coefficient (Wildman–Crippen LogP) is 0.864. The van der Waals surface area contributed by atoms with E-state index in [0.29, 0.717) is 13.0 Å². The van der Waals surface area contributed by atoms with Gasteiger partial charge in [0.15, 0.2) is 0 Å². The molecule has 24 heavy (non-hydrogen) atoms. The Morgan fingerprint density at radius 1 is 1.08 bits per heavy atom. The Balaban J connectivity index is 0.00000288. The molecule has 0 saturated carbocycles. The lowest BCUT2D eigenvalue weighted by molar-refractivity contribution is -0.145. The van der Waals surface area contributed by atoms with Crippen LogP contribution in [0, 0.1) is 0 Å². The van der Waals surface area contributed by atoms with Gasteiger partial charge in [-0.25, -0.2) is 0 Å². The van der Waals surface area contributed by atoms with Crippen LogP contribution >= 0.6 is 12.4 Å². The third-order valence-corrected chi connectivity index (χ3v) is 4.66. The Labute approximate surface area is 149 Å². The number of likely N-dealkylation sites (tertiary alicyclic amines) is 2. The average Bonchev–Trinajstić information content (AvgIpc) is 2.55. The van der Waals surface area contributed by atoms with E-state index in [-0.39, 0.29) is 30.8 Å². The van der Waals surface area contributed by atoms with Gasteiger partial charge in [-0.2, -0.15) is 0 Å². The summed E-state index contributed by atoms with van der Waals surface area (Å²) in [6.45, 7) is 3.85. The molecule has 0 aliphatic carbocycles. The molecule has 2 fully saturated rings. The summed E-state index contributed by atoms with van der Waals surface area (Å²) in [4.78, 5) is 39.2. The number of rotatable bonds is 5. The lowest BCUT2D eigenvalue weighted by Gasteiger charge is -2.33. The second kappa shape index (κ2) is 9.84. The van der Waals surface area contributed by atoms with Gasteiger partial charge in [0.25, 0.3) is 0 Å². The van der Waals surface area contributed by atoms with E-state index in [1.807, 2.05) is 0 Å². The van der Waals surface area contributed by atoms with Gasteiger partial charge in [0, 0.05) is 13.1 Å². The van der Waals surface area contributed by atoms with E-state index in [1.54, 1.807) is 16.7 Å². The molecule has 0 aromatic carbocycles. The predicted molar refractivity (Wildman–Crippen MR) is 92.1 cm³/mol. The van der Waals surface area contributed by atoms with Crippen molar-refractivity contribution in [3.8, 4) is 0 Å². The van der Waals surface area contributed by atoms with E-state index >= 15 is 0 Å². The summed E-state index contributed by atoms with van der Waals surface area (Å²) in [6, 6.07) is -1.16. The van der Waals surface area contributed by atoms with Crippen molar-refractivity contribution in [1.82, 2.24) is 15.1 Å². The van der Waals surface area contributed by atoms with Gasteiger partial charge in [-0.05, 0) is 45.6 Å². The minimum Gasteiger partial charge on any atom is -0.480 e. The van der Waals surface area contributed by atoms with Crippen molar-refractivity contribution in [3.05, 3.63) is 0 Å². The van der Waals surface area contributed by atoms with Crippen LogP contribution in [0.15, 0.2) is 0 Å². The molecule has 7 nitrogen and oxygen atoms in total. The third kappa shape index (κ3) is 5.63. The first-order valence-electron chi connectivity index (χ1n) is 8.54. The molecule has 0 aromatic rings. The summed E-state index contributed by atoms with van der Waals surface area (Å²) < 4.78 is 0. The molecule has 2 aliphatic heterocycles. The standard InChI is InChI=1S/C16H27N3O4.ClH/c1-12(15(21)18-8-4-2-5-9-18)17-14(20)11-19-10-6-3-7-13(19)16(22)23;/h12-13H,2-11H2,1H3,(H,17,20)(H,22,23);1H. The second-order valence-electron chi connectivity index (χ2n) is 6.50. The summed E-state index contributed by atoms with van der Waals surface area (Å²) in [5.74, 6) is -1.21. The second-order valence-corrected chi connectivity index (χ2v) is 6.50. The van der Waals surface area contributed by atoms with E-state index < -0.39 is 18.1 Å². The Morgan fingerprint density at radius 3 is 2.33 bits per heavy atom. The van der Waals surface area contributed by atoms with Crippen LogP contribution in [0.4, 0.5) is 0 Å². The highest BCUT2D eigenvalue weighted by Gasteiger charge is 2.30. The molecule has 2 rings (SSSR count). The van der Waals surface area contributed by atoms with Crippen molar-refractivity contribution in [3.63, 3.8) is 0 Å². The van der Waals surface area contributed by atoms with Crippen LogP contribution in [0.5, 0.6) is 0 Å². The van der Waals surface area contributed by atoms with Crippen LogP contribution in [-0.4, -0.2) is 71.0 Å². The summed E-state index contributed by atoms with van der Waals surface area (Å²) >= 11 is 0. The summed E-state index contributed by atoms with van der Waals surface area (Å²) in [5.41, 5.74) is 0. The maximum atomic E-state index is 12.3. The van der Waals surface area contributed by atoms with Gasteiger partial charge in [0.2, 0.25) is 11.8 Å². The van der Waals surface area contributed by atoms with Crippen molar-refractivity contribution in [2.75, 3.05) is 26.2 Å². The molecular weight excluding hydrogens is 334 g/mol. The van der Waals surface area contributed by atoms with Gasteiger partial charge >= 0.3 is 5.97 Å². The highest BCUT2D eigenvalue weighted by molar-refractivity contribution is 5.88. The number of hydrogen-bond acceptors (Lipinski definition) is 4. The molecule has 0 spiro atoms. The number of hydrogen-bond donors (Lipinski definition) is 2. The maximum absolute atomic E-state index is 12.3. The van der Waals surface area contributed by atoms with Crippen molar-refractivity contribution in [2.24, 2.45) is 0 Å². The maximum Gasteiger partial charge on any atom is 0.320 e. The van der Waals surface area contributed by atoms with Crippen LogP contribution in [-0.2, 0) is 14.4 Å². The SMILES string of the molecule is CC(NC(=O)CN1CCCCC1C(=O)O)C(=O)N1CCCCC1.Cl. The van der Waals surface area contributed by atoms with Crippen LogP contribution in [0.3, 0.4) is 0 Å². The van der Waals surface area contributed by atoms with Gasteiger partial charge < -0.3 is 15.3 Å². The number of aliphatic carboxylic acids is 1. The van der Waals surface area contributed by atoms with E-state index in [2.05, 4.69) is 5.32 Å². The zero-order valence-corrected chi connectivity index (χ0v) is 15.0. The Bertz CT molecular complexity index is 455. The minimum absolute atomic E-state index is 0. The molecule has 2 heterocycles. The smallest absolute Gasteiger partial charge is 0.320 e. The molecule has 0 radical (unpaired) electrons. The molecule has 2 saturated heterocycles. The Hall–Kier alpha value is -1.34. The Morgan fingerprint density at radius 2 is 1.71 bits per heavy atom. The normalized spacial score (nSPS) is 23.0. The molecule has 8 heteroatoms. The highest BCUT2D eigenvalue weighted by Crippen LogP contribution is 2.16. The molecule has 2 atom stereocenters. The van der Waals surface area contributed by atoms with Crippen LogP contribution in [0.1, 0.15) is 45.4 Å². The number of carbonyl (C=O) groups excluding carboxylic acids is 2. The van der Waals surface area contributed by atoms with Crippen molar-refractivity contribution >= 4 is 30.2 Å². The molecular formula is C16H28ClN3O4. The van der Waals surface area contributed by atoms with E-state index in [0.717, 1.165) is 45.2 Å². The average molecular weight is 362 g/mol. The summed E-state index contributed by atoms with van der Waals surface area (Å²) in [6.07, 6.45) is 5.53. The first-order chi connectivity index (χ1) is 11.0. The number of nitrogens with zero attached hydrogens (tertiary/aromatic N) is 2. The quantitative estimate of drug-likeness (QED) is 0.758. The van der Waals surface area contributed by atoms with Crippen molar-refractivity contribution in [2.45, 2.75) is 57.5 Å². The monoisotopic (exact) mass is 361 g/mol. The summed E-state index contributed by atoms with van der Waals surface area (Å²) in [5, 5.41) is 11.9. The van der Waals surface area contributed by atoms with Crippen LogP contribution in [0.2, 0.25) is 0 Å².